The van der Waals surface area contributed by atoms with E-state index in [0.717, 1.165) is 0 Å². The second kappa shape index (κ2) is 25.4. The summed E-state index contributed by atoms with van der Waals surface area (Å²) >= 11 is 0. The van der Waals surface area contributed by atoms with E-state index in [2.05, 4.69) is 16.0 Å². The predicted molar refractivity (Wildman–Crippen MR) is 225 cm³/mol. The van der Waals surface area contributed by atoms with Gasteiger partial charge in [-0.25, -0.2) is 9.59 Å². The summed E-state index contributed by atoms with van der Waals surface area (Å²) in [7, 11) is 3.20. The number of hydrogen-bond acceptors (Lipinski definition) is 13. The number of ether oxygens (including phenoxy) is 3. The molecule has 3 atom stereocenters. The quantitative estimate of drug-likeness (QED) is 0.0354. The maximum atomic E-state index is 13.9. The Kier molecular flexibility index (Phi) is 21.2. The van der Waals surface area contributed by atoms with Crippen LogP contribution in [0.15, 0.2) is 48.5 Å². The number of ketones is 2. The summed E-state index contributed by atoms with van der Waals surface area (Å²) in [5.41, 5.74) is 5.39. The molecule has 0 saturated carbocycles. The molecule has 5 amide bonds. The normalized spacial score (nSPS) is 12.5. The number of esters is 1. The number of benzene rings is 2. The number of primary amides is 1. The Morgan fingerprint density at radius 3 is 1.98 bits per heavy atom. The third kappa shape index (κ3) is 20.2. The van der Waals surface area contributed by atoms with Crippen LogP contribution in [-0.4, -0.2) is 95.6 Å². The second-order valence-corrected chi connectivity index (χ2v) is 16.3. The topological polar surface area (TPSA) is 273 Å². The molecule has 340 valence electrons. The van der Waals surface area contributed by atoms with Crippen LogP contribution in [0.25, 0.3) is 0 Å². The van der Waals surface area contributed by atoms with Crippen molar-refractivity contribution in [2.75, 3.05) is 20.6 Å². The van der Waals surface area contributed by atoms with Crippen molar-refractivity contribution in [1.29, 1.82) is 0 Å². The summed E-state index contributed by atoms with van der Waals surface area (Å²) in [4.78, 5) is 114. The molecule has 2 aromatic rings. The van der Waals surface area contributed by atoms with E-state index in [9.17, 15) is 48.5 Å². The van der Waals surface area contributed by atoms with Gasteiger partial charge in [0.1, 0.15) is 18.0 Å². The number of nitrogens with two attached hydrogens (primary N) is 1. The molecule has 0 unspecified atom stereocenters. The van der Waals surface area contributed by atoms with Crippen LogP contribution < -0.4 is 26.4 Å². The molecule has 62 heavy (non-hydrogen) atoms. The number of non-ortho nitro benzene ring substituents is 1. The van der Waals surface area contributed by atoms with E-state index in [1.54, 1.807) is 73.0 Å². The first-order valence-electron chi connectivity index (χ1n) is 20.3. The van der Waals surface area contributed by atoms with Crippen LogP contribution in [0.2, 0.25) is 0 Å². The summed E-state index contributed by atoms with van der Waals surface area (Å²) < 4.78 is 15.6. The summed E-state index contributed by atoms with van der Waals surface area (Å²) in [5.74, 6) is -3.96. The minimum absolute atomic E-state index is 0.0461. The Morgan fingerprint density at radius 1 is 0.806 bits per heavy atom. The molecule has 0 heterocycles. The maximum Gasteiger partial charge on any atom is 0.514 e. The molecular weight excluding hydrogens is 809 g/mol. The zero-order chi connectivity index (χ0) is 46.6. The number of nitro groups is 1. The van der Waals surface area contributed by atoms with Crippen LogP contribution in [0, 0.1) is 22.0 Å². The zero-order valence-corrected chi connectivity index (χ0v) is 36.5. The van der Waals surface area contributed by atoms with Gasteiger partial charge in [0.05, 0.1) is 17.0 Å². The van der Waals surface area contributed by atoms with Gasteiger partial charge in [0.2, 0.25) is 17.7 Å². The van der Waals surface area contributed by atoms with Gasteiger partial charge < -0.3 is 40.8 Å². The summed E-state index contributed by atoms with van der Waals surface area (Å²) in [6.45, 7) is 8.53. The molecule has 5 N–H and O–H groups in total. The van der Waals surface area contributed by atoms with E-state index in [1.807, 2.05) is 0 Å². The van der Waals surface area contributed by atoms with Crippen molar-refractivity contribution in [1.82, 2.24) is 20.9 Å². The van der Waals surface area contributed by atoms with E-state index in [1.165, 1.54) is 29.2 Å². The molecule has 19 nitrogen and oxygen atoms in total. The molecule has 0 spiro atoms. The number of carbonyl (C=O) groups excluding carboxylic acids is 8. The minimum atomic E-state index is -1.14. The molecule has 0 bridgehead atoms. The third-order valence-electron chi connectivity index (χ3n) is 9.32. The van der Waals surface area contributed by atoms with Crippen LogP contribution in [0.1, 0.15) is 97.1 Å². The van der Waals surface area contributed by atoms with Gasteiger partial charge in [-0.15, -0.1) is 0 Å². The lowest BCUT2D eigenvalue weighted by atomic mass is 9.86. The number of amides is 5. The number of Topliss-reactive ketones (excluding diaryl/α,β-unsaturated/α-hetero) is 2. The number of hydrogen-bond donors (Lipinski definition) is 4. The number of nitrogens with zero attached hydrogens (tertiary/aromatic N) is 2. The van der Waals surface area contributed by atoms with Gasteiger partial charge in [-0.1, -0.05) is 38.1 Å². The first kappa shape index (κ1) is 51.7. The Bertz CT molecular complexity index is 1880. The fourth-order valence-electron chi connectivity index (χ4n) is 5.94. The Labute approximate surface area is 361 Å². The predicted octanol–water partition coefficient (Wildman–Crippen LogP) is 4.45. The molecule has 0 aromatic heterocycles. The highest BCUT2D eigenvalue weighted by Crippen LogP contribution is 2.21. The van der Waals surface area contributed by atoms with E-state index in [0.29, 0.717) is 11.1 Å². The molecule has 0 aliphatic rings. The van der Waals surface area contributed by atoms with Crippen LogP contribution in [0.3, 0.4) is 0 Å². The van der Waals surface area contributed by atoms with Crippen molar-refractivity contribution in [3.8, 4) is 5.75 Å². The first-order chi connectivity index (χ1) is 29.0. The lowest BCUT2D eigenvalue weighted by Gasteiger charge is -2.26. The lowest BCUT2D eigenvalue weighted by molar-refractivity contribution is -0.384. The second-order valence-electron chi connectivity index (χ2n) is 16.3. The fraction of sp³-hybridized carbons (Fsp3) is 0.535. The Morgan fingerprint density at radius 2 is 1.42 bits per heavy atom. The molecule has 0 saturated heterocycles. The SMILES string of the molecule is CC(C)[C@H](CC(=O)[C@H](CCC(=O)OC(C)(C)C)NC(=O)CCCC(=O)N(C)C)C(=O)N[C@@H](CCCNC(N)=O)C(=O)Cc1ccc(COC(=O)Oc2ccc([N+](=O)[O-])cc2)cc1. The molecule has 19 heteroatoms. The highest BCUT2D eigenvalue weighted by Gasteiger charge is 2.32. The maximum absolute atomic E-state index is 13.9. The molecule has 0 aliphatic heterocycles. The Balaban J connectivity index is 2.16. The van der Waals surface area contributed by atoms with Crippen LogP contribution in [0.5, 0.6) is 5.75 Å². The van der Waals surface area contributed by atoms with Crippen LogP contribution >= 0.6 is 0 Å². The molecule has 0 radical (unpaired) electrons. The van der Waals surface area contributed by atoms with Crippen molar-refractivity contribution in [3.05, 3.63) is 69.8 Å². The van der Waals surface area contributed by atoms with Crippen LogP contribution in [0.4, 0.5) is 15.3 Å². The summed E-state index contributed by atoms with van der Waals surface area (Å²) in [5, 5.41) is 18.8. The smallest absolute Gasteiger partial charge is 0.460 e. The highest BCUT2D eigenvalue weighted by molar-refractivity contribution is 5.95. The van der Waals surface area contributed by atoms with E-state index in [-0.39, 0.29) is 94.1 Å². The average Bonchev–Trinajstić information content (AvgIpc) is 3.18. The van der Waals surface area contributed by atoms with Gasteiger partial charge >= 0.3 is 18.2 Å². The summed E-state index contributed by atoms with van der Waals surface area (Å²) in [6, 6.07) is 8.51. The molecule has 0 fully saturated rings. The largest absolute Gasteiger partial charge is 0.514 e. The van der Waals surface area contributed by atoms with Gasteiger partial charge in [-0.3, -0.25) is 38.9 Å². The van der Waals surface area contributed by atoms with Crippen molar-refractivity contribution in [2.45, 2.75) is 117 Å². The van der Waals surface area contributed by atoms with Gasteiger partial charge in [0, 0.05) is 70.8 Å². The number of urea groups is 1. The van der Waals surface area contributed by atoms with E-state index in [4.69, 9.17) is 19.9 Å². The van der Waals surface area contributed by atoms with Crippen molar-refractivity contribution >= 4 is 53.1 Å². The highest BCUT2D eigenvalue weighted by atomic mass is 16.7. The van der Waals surface area contributed by atoms with Crippen molar-refractivity contribution in [2.24, 2.45) is 17.6 Å². The minimum Gasteiger partial charge on any atom is -0.460 e. The first-order valence-corrected chi connectivity index (χ1v) is 20.3. The number of carbonyl (C=O) groups is 8. The van der Waals surface area contributed by atoms with E-state index >= 15 is 0 Å². The lowest BCUT2D eigenvalue weighted by Crippen LogP contribution is -2.48. The monoisotopic (exact) mass is 868 g/mol. The van der Waals surface area contributed by atoms with Crippen molar-refractivity contribution < 1.29 is 57.5 Å². The number of nitrogens with one attached hydrogen (secondary N) is 3. The van der Waals surface area contributed by atoms with Gasteiger partial charge in [0.25, 0.3) is 5.69 Å². The van der Waals surface area contributed by atoms with Gasteiger partial charge in [-0.05, 0) is 75.6 Å². The zero-order valence-electron chi connectivity index (χ0n) is 36.5. The Hall–Kier alpha value is -6.40. The van der Waals surface area contributed by atoms with Gasteiger partial charge in [-0.2, -0.15) is 0 Å². The van der Waals surface area contributed by atoms with Crippen LogP contribution in [-0.2, 0) is 51.3 Å². The molecule has 0 aliphatic carbocycles. The average molecular weight is 869 g/mol. The van der Waals surface area contributed by atoms with Crippen molar-refractivity contribution in [3.63, 3.8) is 0 Å². The van der Waals surface area contributed by atoms with Gasteiger partial charge in [0.15, 0.2) is 11.6 Å². The summed E-state index contributed by atoms with van der Waals surface area (Å²) in [6.07, 6.45) is -1.03. The molecule has 2 rings (SSSR count). The fourth-order valence-corrected chi connectivity index (χ4v) is 5.94. The third-order valence-corrected chi connectivity index (χ3v) is 9.32. The standard InChI is InChI=1S/C43H60N6O13/c1-27(2)32(25-36(51)34(21-22-39(54)62-43(3,4)5)46-37(52)11-8-12-38(53)48(6)7)40(55)47-33(10-9-23-45-41(44)56)35(50)24-28-13-15-29(16-14-28)26-60-42(57)61-31-19-17-30(18-20-31)49(58)59/h13-20,27,32-34H,8-12,21-26H2,1-7H3,(H,46,52)(H,47,55)(H3,44,45,56)/t32-,33-,34-/m0/s1. The number of nitro benzene ring substituents is 1. The molecule has 2 aromatic carbocycles. The number of rotatable bonds is 25. The molecular formula is C43H60N6O13. The van der Waals surface area contributed by atoms with E-state index < -0.39 is 70.2 Å².